The Kier molecular flexibility index (Phi) is 5.05. The van der Waals surface area contributed by atoms with Crippen LogP contribution < -0.4 is 10.2 Å². The van der Waals surface area contributed by atoms with E-state index < -0.39 is 28.5 Å². The standard InChI is InChI=1S/C18H18N4O6S/c23-17(19-15-7-9-28-20-15)11-27-18(24)12-5-6-13-14(10-12)29(25,26)21-16-4-2-1-3-8-22(13)16/h5-7,9-10H,1-4,8,11H2,(H,19,20,23). The number of fused-ring (bicyclic) bond motifs is 3. The van der Waals surface area contributed by atoms with Gasteiger partial charge < -0.3 is 19.5 Å². The van der Waals surface area contributed by atoms with Crippen molar-refractivity contribution in [2.45, 2.75) is 30.6 Å². The molecule has 0 atom stereocenters. The second-order valence-corrected chi connectivity index (χ2v) is 8.21. The minimum Gasteiger partial charge on any atom is -0.452 e. The van der Waals surface area contributed by atoms with Gasteiger partial charge in [0.2, 0.25) is 0 Å². The Labute approximate surface area is 166 Å². The average molecular weight is 418 g/mol. The van der Waals surface area contributed by atoms with Crippen molar-refractivity contribution in [1.82, 2.24) is 5.16 Å². The van der Waals surface area contributed by atoms with Crippen LogP contribution in [-0.2, 0) is 19.6 Å². The van der Waals surface area contributed by atoms with E-state index in [0.717, 1.165) is 19.3 Å². The number of sulfonamides is 1. The van der Waals surface area contributed by atoms with E-state index in [4.69, 9.17) is 4.74 Å². The molecule has 1 fully saturated rings. The Morgan fingerprint density at radius 2 is 2.07 bits per heavy atom. The number of nitrogens with one attached hydrogen (secondary N) is 1. The van der Waals surface area contributed by atoms with Gasteiger partial charge in [-0.2, -0.15) is 8.42 Å². The molecule has 4 rings (SSSR count). The molecule has 3 heterocycles. The lowest BCUT2D eigenvalue weighted by Crippen LogP contribution is -2.35. The Hall–Kier alpha value is -3.21. The number of hydrogen-bond acceptors (Lipinski definition) is 8. The van der Waals surface area contributed by atoms with E-state index >= 15 is 0 Å². The van der Waals surface area contributed by atoms with Crippen LogP contribution in [0.3, 0.4) is 0 Å². The van der Waals surface area contributed by atoms with Crippen LogP contribution in [0.25, 0.3) is 0 Å². The van der Waals surface area contributed by atoms with Crippen molar-refractivity contribution >= 4 is 39.2 Å². The molecule has 29 heavy (non-hydrogen) atoms. The summed E-state index contributed by atoms with van der Waals surface area (Å²) in [5.74, 6) is -0.688. The van der Waals surface area contributed by atoms with Gasteiger partial charge in [-0.3, -0.25) is 4.79 Å². The average Bonchev–Trinajstić information content (AvgIpc) is 3.09. The van der Waals surface area contributed by atoms with Crippen molar-refractivity contribution in [3.05, 3.63) is 36.1 Å². The van der Waals surface area contributed by atoms with Crippen molar-refractivity contribution in [3.8, 4) is 0 Å². The molecule has 2 aromatic rings. The molecular formula is C18H18N4O6S. The van der Waals surface area contributed by atoms with Gasteiger partial charge in [0.1, 0.15) is 17.0 Å². The van der Waals surface area contributed by atoms with E-state index in [-0.39, 0.29) is 16.3 Å². The second kappa shape index (κ2) is 7.66. The molecule has 0 radical (unpaired) electrons. The van der Waals surface area contributed by atoms with E-state index in [2.05, 4.69) is 19.4 Å². The summed E-state index contributed by atoms with van der Waals surface area (Å²) in [6.45, 7) is 0.122. The summed E-state index contributed by atoms with van der Waals surface area (Å²) in [4.78, 5) is 25.9. The van der Waals surface area contributed by atoms with Crippen molar-refractivity contribution in [2.75, 3.05) is 23.4 Å². The molecule has 0 bridgehead atoms. The number of aromatic nitrogens is 1. The zero-order valence-corrected chi connectivity index (χ0v) is 16.1. The van der Waals surface area contributed by atoms with Gasteiger partial charge >= 0.3 is 5.97 Å². The number of hydrogen-bond donors (Lipinski definition) is 1. The number of amidine groups is 1. The third-order valence-corrected chi connectivity index (χ3v) is 5.96. The lowest BCUT2D eigenvalue weighted by atomic mass is 10.2. The molecule has 2 aliphatic rings. The van der Waals surface area contributed by atoms with Crippen molar-refractivity contribution in [3.63, 3.8) is 0 Å². The van der Waals surface area contributed by atoms with Crippen molar-refractivity contribution < 1.29 is 27.3 Å². The summed E-state index contributed by atoms with van der Waals surface area (Å²) < 4.78 is 38.7. The maximum absolute atomic E-state index is 12.6. The van der Waals surface area contributed by atoms with E-state index in [9.17, 15) is 18.0 Å². The molecule has 0 unspecified atom stereocenters. The molecule has 1 amide bonds. The molecule has 152 valence electrons. The molecule has 10 nitrogen and oxygen atoms in total. The molecule has 1 aromatic heterocycles. The van der Waals surface area contributed by atoms with Crippen molar-refractivity contribution in [1.29, 1.82) is 0 Å². The quantitative estimate of drug-likeness (QED) is 0.746. The van der Waals surface area contributed by atoms with Crippen LogP contribution >= 0.6 is 0 Å². The predicted octanol–water partition coefficient (Wildman–Crippen LogP) is 1.95. The highest BCUT2D eigenvalue weighted by molar-refractivity contribution is 7.90. The third-order valence-electron chi connectivity index (χ3n) is 4.62. The predicted molar refractivity (Wildman–Crippen MR) is 102 cm³/mol. The number of amides is 1. The van der Waals surface area contributed by atoms with Gasteiger partial charge in [0.05, 0.1) is 11.3 Å². The van der Waals surface area contributed by atoms with Gasteiger partial charge in [0.15, 0.2) is 12.4 Å². The monoisotopic (exact) mass is 418 g/mol. The summed E-state index contributed by atoms with van der Waals surface area (Å²) in [6, 6.07) is 5.75. The Balaban J connectivity index is 1.51. The summed E-state index contributed by atoms with van der Waals surface area (Å²) in [6.07, 6.45) is 4.71. The molecule has 0 spiro atoms. The highest BCUT2D eigenvalue weighted by Gasteiger charge is 2.32. The lowest BCUT2D eigenvalue weighted by Gasteiger charge is -2.29. The van der Waals surface area contributed by atoms with E-state index in [1.807, 2.05) is 4.90 Å². The number of anilines is 2. The maximum atomic E-state index is 12.6. The molecule has 11 heteroatoms. The fourth-order valence-corrected chi connectivity index (χ4v) is 4.56. The summed E-state index contributed by atoms with van der Waals surface area (Å²) in [5, 5.41) is 5.90. The van der Waals surface area contributed by atoms with E-state index in [0.29, 0.717) is 24.5 Å². The summed E-state index contributed by atoms with van der Waals surface area (Å²) >= 11 is 0. The zero-order chi connectivity index (χ0) is 20.4. The number of carbonyl (C=O) groups excluding carboxylic acids is 2. The number of benzene rings is 1. The van der Waals surface area contributed by atoms with E-state index in [1.54, 1.807) is 6.07 Å². The first-order chi connectivity index (χ1) is 13.9. The smallest absolute Gasteiger partial charge is 0.338 e. The van der Waals surface area contributed by atoms with Crippen molar-refractivity contribution in [2.24, 2.45) is 4.40 Å². The molecular weight excluding hydrogens is 400 g/mol. The summed E-state index contributed by atoms with van der Waals surface area (Å²) in [5.41, 5.74) is 0.534. The van der Waals surface area contributed by atoms with Gasteiger partial charge in [-0.1, -0.05) is 11.6 Å². The van der Waals surface area contributed by atoms with Gasteiger partial charge in [0.25, 0.3) is 15.9 Å². The number of esters is 1. The third kappa shape index (κ3) is 3.99. The van der Waals surface area contributed by atoms with Gasteiger partial charge in [-0.15, -0.1) is 4.40 Å². The molecule has 0 aliphatic carbocycles. The van der Waals surface area contributed by atoms with Crippen LogP contribution in [0, 0.1) is 0 Å². The van der Waals surface area contributed by atoms with Crippen LogP contribution in [0.5, 0.6) is 0 Å². The topological polar surface area (TPSA) is 131 Å². The Bertz CT molecular complexity index is 1080. The second-order valence-electron chi connectivity index (χ2n) is 6.64. The number of carbonyl (C=O) groups is 2. The number of nitrogens with zero attached hydrogens (tertiary/aromatic N) is 3. The first-order valence-electron chi connectivity index (χ1n) is 9.07. The fraction of sp³-hybridized carbons (Fsp3) is 0.333. The van der Waals surface area contributed by atoms with Crippen LogP contribution in [-0.4, -0.2) is 44.4 Å². The first-order valence-corrected chi connectivity index (χ1v) is 10.5. The first kappa shape index (κ1) is 19.1. The fourth-order valence-electron chi connectivity index (χ4n) is 3.28. The largest absolute Gasteiger partial charge is 0.452 e. The SMILES string of the molecule is O=C(COC(=O)c1ccc2c(c1)S(=O)(=O)N=C1CCCCCN12)Nc1ccon1. The minimum absolute atomic E-state index is 0.0232. The van der Waals surface area contributed by atoms with Crippen LogP contribution in [0.2, 0.25) is 0 Å². The highest BCUT2D eigenvalue weighted by Crippen LogP contribution is 2.35. The maximum Gasteiger partial charge on any atom is 0.338 e. The zero-order valence-electron chi connectivity index (χ0n) is 15.3. The van der Waals surface area contributed by atoms with Gasteiger partial charge in [0, 0.05) is 19.0 Å². The van der Waals surface area contributed by atoms with Gasteiger partial charge in [-0.05, 0) is 31.0 Å². The highest BCUT2D eigenvalue weighted by atomic mass is 32.2. The molecule has 1 N–H and O–H groups in total. The van der Waals surface area contributed by atoms with Crippen LogP contribution in [0.1, 0.15) is 36.0 Å². The normalized spacial score (nSPS) is 17.4. The summed E-state index contributed by atoms with van der Waals surface area (Å²) in [7, 11) is -3.91. The molecule has 1 saturated heterocycles. The Morgan fingerprint density at radius 1 is 1.21 bits per heavy atom. The number of ether oxygens (including phenoxy) is 1. The van der Waals surface area contributed by atoms with Gasteiger partial charge in [-0.25, -0.2) is 4.79 Å². The number of rotatable bonds is 4. The molecule has 2 aliphatic heterocycles. The molecule has 1 aromatic carbocycles. The van der Waals surface area contributed by atoms with Crippen LogP contribution in [0.4, 0.5) is 11.5 Å². The van der Waals surface area contributed by atoms with E-state index in [1.165, 1.54) is 24.5 Å². The van der Waals surface area contributed by atoms with Crippen LogP contribution in [0.15, 0.2) is 44.3 Å². The Morgan fingerprint density at radius 3 is 2.86 bits per heavy atom. The minimum atomic E-state index is -3.91. The molecule has 0 saturated carbocycles. The lowest BCUT2D eigenvalue weighted by molar-refractivity contribution is -0.119.